The van der Waals surface area contributed by atoms with Gasteiger partial charge in [0, 0.05) is 13.0 Å². The molecular formula is C23H26N2O3S. The Kier molecular flexibility index (Phi) is 7.36. The van der Waals surface area contributed by atoms with E-state index in [1.807, 2.05) is 24.3 Å². The van der Waals surface area contributed by atoms with Gasteiger partial charge in [-0.1, -0.05) is 50.2 Å². The lowest BCUT2D eigenvalue weighted by Gasteiger charge is -2.08. The van der Waals surface area contributed by atoms with Gasteiger partial charge in [0.05, 0.1) is 21.6 Å². The highest BCUT2D eigenvalue weighted by atomic mass is 32.1. The molecule has 3 aromatic rings. The van der Waals surface area contributed by atoms with Crippen molar-refractivity contribution in [1.29, 1.82) is 0 Å². The first-order chi connectivity index (χ1) is 14.0. The summed E-state index contributed by atoms with van der Waals surface area (Å²) in [6.07, 6.45) is 1.48. The highest BCUT2D eigenvalue weighted by Gasteiger charge is 2.10. The Hall–Kier alpha value is -2.73. The monoisotopic (exact) mass is 410 g/mol. The van der Waals surface area contributed by atoms with Crippen LogP contribution in [0.3, 0.4) is 0 Å². The van der Waals surface area contributed by atoms with Crippen LogP contribution >= 0.6 is 11.3 Å². The molecule has 2 aromatic carbocycles. The average Bonchev–Trinajstić information content (AvgIpc) is 3.14. The van der Waals surface area contributed by atoms with Gasteiger partial charge in [-0.3, -0.25) is 9.59 Å². The van der Waals surface area contributed by atoms with Crippen LogP contribution in [0, 0.1) is 0 Å². The quantitative estimate of drug-likeness (QED) is 0.536. The maximum Gasteiger partial charge on any atom is 0.306 e. The van der Waals surface area contributed by atoms with Crippen molar-refractivity contribution in [3.05, 3.63) is 64.7 Å². The first kappa shape index (κ1) is 21.0. The number of carbonyl (C=O) groups is 2. The Bertz CT molecular complexity index is 931. The number of aryl methyl sites for hydroxylation is 1. The molecule has 0 aliphatic heterocycles. The van der Waals surface area contributed by atoms with Gasteiger partial charge >= 0.3 is 5.97 Å². The largest absolute Gasteiger partial charge is 0.456 e. The molecule has 0 bridgehead atoms. The first-order valence-electron chi connectivity index (χ1n) is 9.87. The lowest BCUT2D eigenvalue weighted by Crippen LogP contribution is -2.30. The van der Waals surface area contributed by atoms with Gasteiger partial charge in [0.2, 0.25) is 0 Å². The van der Waals surface area contributed by atoms with Gasteiger partial charge in [-0.2, -0.15) is 0 Å². The second-order valence-electron chi connectivity index (χ2n) is 7.23. The zero-order valence-electron chi connectivity index (χ0n) is 16.8. The Morgan fingerprint density at radius 1 is 1.07 bits per heavy atom. The molecule has 0 spiro atoms. The molecule has 0 saturated carbocycles. The molecule has 0 fully saturated rings. The number of thiazole rings is 1. The van der Waals surface area contributed by atoms with Crippen molar-refractivity contribution < 1.29 is 14.3 Å². The maximum absolute atomic E-state index is 11.9. The Morgan fingerprint density at radius 3 is 2.55 bits per heavy atom. The SMILES string of the molecule is CC(C)c1ccc(CCNC(=O)COC(=O)CCc2nc3ccccc3s2)cc1. The van der Waals surface area contributed by atoms with Gasteiger partial charge in [0.15, 0.2) is 6.61 Å². The van der Waals surface area contributed by atoms with E-state index in [1.54, 1.807) is 11.3 Å². The van der Waals surface area contributed by atoms with Crippen LogP contribution in [0.5, 0.6) is 0 Å². The topological polar surface area (TPSA) is 68.3 Å². The number of carbonyl (C=O) groups excluding carboxylic acids is 2. The number of ether oxygens (including phenoxy) is 1. The molecule has 3 rings (SSSR count). The van der Waals surface area contributed by atoms with E-state index in [0.29, 0.717) is 18.9 Å². The minimum atomic E-state index is -0.385. The van der Waals surface area contributed by atoms with E-state index in [0.717, 1.165) is 21.6 Å². The second-order valence-corrected chi connectivity index (χ2v) is 8.35. The van der Waals surface area contributed by atoms with Crippen molar-refractivity contribution >= 4 is 33.4 Å². The van der Waals surface area contributed by atoms with Crippen molar-refractivity contribution in [1.82, 2.24) is 10.3 Å². The fraction of sp³-hybridized carbons (Fsp3) is 0.348. The molecule has 1 N–H and O–H groups in total. The number of hydrogen-bond acceptors (Lipinski definition) is 5. The van der Waals surface area contributed by atoms with Gasteiger partial charge in [-0.15, -0.1) is 11.3 Å². The van der Waals surface area contributed by atoms with Crippen LogP contribution < -0.4 is 5.32 Å². The number of benzene rings is 2. The van der Waals surface area contributed by atoms with Crippen LogP contribution in [0.25, 0.3) is 10.2 Å². The smallest absolute Gasteiger partial charge is 0.306 e. The summed E-state index contributed by atoms with van der Waals surface area (Å²) in [4.78, 5) is 28.3. The van der Waals surface area contributed by atoms with Crippen LogP contribution in [0.1, 0.15) is 42.3 Å². The van der Waals surface area contributed by atoms with Crippen LogP contribution in [-0.2, 0) is 27.2 Å². The second kappa shape index (κ2) is 10.2. The number of amides is 1. The normalized spacial score (nSPS) is 11.0. The predicted octanol–water partition coefficient (Wildman–Crippen LogP) is 4.25. The van der Waals surface area contributed by atoms with E-state index in [-0.39, 0.29) is 24.9 Å². The van der Waals surface area contributed by atoms with Crippen molar-refractivity contribution in [3.8, 4) is 0 Å². The number of esters is 1. The van der Waals surface area contributed by atoms with Gasteiger partial charge in [-0.25, -0.2) is 4.98 Å². The summed E-state index contributed by atoms with van der Waals surface area (Å²) in [6.45, 7) is 4.60. The van der Waals surface area contributed by atoms with Crippen LogP contribution in [0.2, 0.25) is 0 Å². The number of fused-ring (bicyclic) bond motifs is 1. The zero-order chi connectivity index (χ0) is 20.6. The summed E-state index contributed by atoms with van der Waals surface area (Å²) in [5.41, 5.74) is 3.41. The predicted molar refractivity (Wildman–Crippen MR) is 116 cm³/mol. The molecule has 29 heavy (non-hydrogen) atoms. The van der Waals surface area contributed by atoms with Crippen LogP contribution in [0.15, 0.2) is 48.5 Å². The summed E-state index contributed by atoms with van der Waals surface area (Å²) in [7, 11) is 0. The molecule has 6 heteroatoms. The minimum Gasteiger partial charge on any atom is -0.456 e. The summed E-state index contributed by atoms with van der Waals surface area (Å²) in [6, 6.07) is 16.3. The van der Waals surface area contributed by atoms with E-state index in [1.165, 1.54) is 11.1 Å². The fourth-order valence-corrected chi connectivity index (χ4v) is 3.89. The van der Waals surface area contributed by atoms with E-state index in [9.17, 15) is 9.59 Å². The van der Waals surface area contributed by atoms with E-state index in [2.05, 4.69) is 48.4 Å². The molecule has 0 saturated heterocycles. The fourth-order valence-electron chi connectivity index (χ4n) is 2.92. The molecular weight excluding hydrogens is 384 g/mol. The van der Waals surface area contributed by atoms with Crippen LogP contribution in [-0.4, -0.2) is 30.0 Å². The first-order valence-corrected chi connectivity index (χ1v) is 10.7. The van der Waals surface area contributed by atoms with Crippen molar-refractivity contribution in [2.24, 2.45) is 0 Å². The minimum absolute atomic E-state index is 0.218. The van der Waals surface area contributed by atoms with Crippen molar-refractivity contribution in [2.75, 3.05) is 13.2 Å². The van der Waals surface area contributed by atoms with Gasteiger partial charge < -0.3 is 10.1 Å². The Labute approximate surface area is 175 Å². The van der Waals surface area contributed by atoms with Gasteiger partial charge in [0.25, 0.3) is 5.91 Å². The lowest BCUT2D eigenvalue weighted by atomic mass is 10.0. The molecule has 152 valence electrons. The summed E-state index contributed by atoms with van der Waals surface area (Å²) in [5, 5.41) is 3.69. The van der Waals surface area contributed by atoms with Crippen LogP contribution in [0.4, 0.5) is 0 Å². The number of nitrogens with one attached hydrogen (secondary N) is 1. The highest BCUT2D eigenvalue weighted by Crippen LogP contribution is 2.22. The summed E-state index contributed by atoms with van der Waals surface area (Å²) in [5.74, 6) is -0.158. The summed E-state index contributed by atoms with van der Waals surface area (Å²) >= 11 is 1.58. The molecule has 1 heterocycles. The third kappa shape index (κ3) is 6.39. The molecule has 0 aliphatic carbocycles. The molecule has 5 nitrogen and oxygen atoms in total. The highest BCUT2D eigenvalue weighted by molar-refractivity contribution is 7.18. The van der Waals surface area contributed by atoms with Gasteiger partial charge in [0.1, 0.15) is 0 Å². The average molecular weight is 411 g/mol. The third-order valence-corrected chi connectivity index (χ3v) is 5.72. The van der Waals surface area contributed by atoms with E-state index >= 15 is 0 Å². The van der Waals surface area contributed by atoms with E-state index < -0.39 is 0 Å². The Balaban J connectivity index is 1.32. The number of hydrogen-bond donors (Lipinski definition) is 1. The molecule has 0 unspecified atom stereocenters. The number of aromatic nitrogens is 1. The molecule has 1 aromatic heterocycles. The number of para-hydroxylation sites is 1. The number of nitrogens with zero attached hydrogens (tertiary/aromatic N) is 1. The molecule has 0 radical (unpaired) electrons. The molecule has 0 atom stereocenters. The maximum atomic E-state index is 11.9. The van der Waals surface area contributed by atoms with Crippen molar-refractivity contribution in [2.45, 2.75) is 39.0 Å². The van der Waals surface area contributed by atoms with E-state index in [4.69, 9.17) is 4.74 Å². The van der Waals surface area contributed by atoms with Gasteiger partial charge in [-0.05, 0) is 35.6 Å². The third-order valence-electron chi connectivity index (χ3n) is 4.63. The summed E-state index contributed by atoms with van der Waals surface area (Å²) < 4.78 is 6.18. The lowest BCUT2D eigenvalue weighted by molar-refractivity contribution is -0.148. The number of rotatable bonds is 9. The zero-order valence-corrected chi connectivity index (χ0v) is 17.6. The molecule has 1 amide bonds. The standard InChI is InChI=1S/C23H26N2O3S/c1-16(2)18-9-7-17(8-10-18)13-14-24-21(26)15-28-23(27)12-11-22-25-19-5-3-4-6-20(19)29-22/h3-10,16H,11-15H2,1-2H3,(H,24,26). The molecule has 0 aliphatic rings. The Morgan fingerprint density at radius 2 is 1.83 bits per heavy atom. The van der Waals surface area contributed by atoms with Crippen molar-refractivity contribution in [3.63, 3.8) is 0 Å².